The average molecular weight is 357 g/mol. The zero-order valence-corrected chi connectivity index (χ0v) is 14.9. The van der Waals surface area contributed by atoms with Gasteiger partial charge in [0.2, 0.25) is 5.75 Å². The van der Waals surface area contributed by atoms with E-state index >= 15 is 0 Å². The van der Waals surface area contributed by atoms with Crippen molar-refractivity contribution in [2.45, 2.75) is 6.92 Å². The number of hydrogen-bond acceptors (Lipinski definition) is 5. The normalized spacial score (nSPS) is 12.7. The maximum atomic E-state index is 5.60. The highest BCUT2D eigenvalue weighted by atomic mass is 32.1. The minimum atomic E-state index is 0.412. The van der Waals surface area contributed by atoms with Crippen LogP contribution in [0.15, 0.2) is 41.5 Å². The molecule has 0 amide bonds. The lowest BCUT2D eigenvalue weighted by Gasteiger charge is -2.20. The van der Waals surface area contributed by atoms with Gasteiger partial charge in [-0.25, -0.2) is 0 Å². The van der Waals surface area contributed by atoms with E-state index in [1.165, 1.54) is 0 Å². The van der Waals surface area contributed by atoms with Gasteiger partial charge < -0.3 is 19.5 Å². The maximum absolute atomic E-state index is 5.60. The van der Waals surface area contributed by atoms with Gasteiger partial charge in [0.05, 0.1) is 13.3 Å². The Hall–Kier alpha value is -2.80. The Labute approximate surface area is 151 Å². The van der Waals surface area contributed by atoms with Gasteiger partial charge in [-0.3, -0.25) is 5.43 Å². The number of methoxy groups -OCH3 is 1. The molecule has 0 fully saturated rings. The van der Waals surface area contributed by atoms with E-state index in [-0.39, 0.29) is 0 Å². The Kier molecular flexibility index (Phi) is 5.35. The number of fused-ring (bicyclic) bond motifs is 1. The van der Waals surface area contributed by atoms with Crippen LogP contribution in [0.4, 0.5) is 5.69 Å². The second-order valence-electron chi connectivity index (χ2n) is 5.39. The summed E-state index contributed by atoms with van der Waals surface area (Å²) in [6.45, 7) is 3.03. The number of thiocarbonyl (C=S) groups is 1. The molecule has 2 aromatic carbocycles. The molecule has 7 heteroatoms. The molecule has 0 unspecified atom stereocenters. The molecule has 0 aliphatic carbocycles. The van der Waals surface area contributed by atoms with Crippen molar-refractivity contribution in [1.29, 1.82) is 0 Å². The summed E-state index contributed by atoms with van der Waals surface area (Å²) in [6, 6.07) is 11.6. The smallest absolute Gasteiger partial charge is 0.203 e. The molecule has 0 aromatic heterocycles. The van der Waals surface area contributed by atoms with Crippen LogP contribution < -0.4 is 25.0 Å². The molecule has 0 atom stereocenters. The molecule has 0 bridgehead atoms. The van der Waals surface area contributed by atoms with Crippen molar-refractivity contribution < 1.29 is 14.2 Å². The summed E-state index contributed by atoms with van der Waals surface area (Å²) in [5.74, 6) is 1.88. The zero-order chi connectivity index (χ0) is 17.6. The Morgan fingerprint density at radius 1 is 1.24 bits per heavy atom. The summed E-state index contributed by atoms with van der Waals surface area (Å²) in [7, 11) is 1.59. The summed E-state index contributed by atoms with van der Waals surface area (Å²) < 4.78 is 16.5. The highest BCUT2D eigenvalue weighted by molar-refractivity contribution is 7.80. The fourth-order valence-electron chi connectivity index (χ4n) is 2.40. The van der Waals surface area contributed by atoms with Crippen LogP contribution in [-0.2, 0) is 0 Å². The molecule has 0 saturated heterocycles. The molecule has 130 valence electrons. The maximum Gasteiger partial charge on any atom is 0.203 e. The predicted molar refractivity (Wildman–Crippen MR) is 102 cm³/mol. The van der Waals surface area contributed by atoms with E-state index in [0.29, 0.717) is 35.6 Å². The average Bonchev–Trinajstić information content (AvgIpc) is 2.63. The minimum Gasteiger partial charge on any atom is -0.493 e. The molecule has 25 heavy (non-hydrogen) atoms. The fourth-order valence-corrected chi connectivity index (χ4v) is 2.56. The van der Waals surface area contributed by atoms with Gasteiger partial charge in [0.15, 0.2) is 16.6 Å². The van der Waals surface area contributed by atoms with Crippen LogP contribution >= 0.6 is 12.2 Å². The van der Waals surface area contributed by atoms with Crippen LogP contribution in [0.3, 0.4) is 0 Å². The van der Waals surface area contributed by atoms with Crippen molar-refractivity contribution in [3.05, 3.63) is 47.5 Å². The van der Waals surface area contributed by atoms with Crippen LogP contribution in [0.1, 0.15) is 11.1 Å². The molecule has 0 saturated carbocycles. The third kappa shape index (κ3) is 4.19. The molecule has 1 heterocycles. The van der Waals surface area contributed by atoms with Gasteiger partial charge in [0, 0.05) is 11.3 Å². The number of ether oxygens (including phenoxy) is 3. The quantitative estimate of drug-likeness (QED) is 0.498. The first-order valence-electron chi connectivity index (χ1n) is 7.80. The lowest BCUT2D eigenvalue weighted by atomic mass is 10.2. The number of anilines is 1. The largest absolute Gasteiger partial charge is 0.493 e. The van der Waals surface area contributed by atoms with E-state index in [4.69, 9.17) is 26.4 Å². The van der Waals surface area contributed by atoms with E-state index < -0.39 is 0 Å². The lowest BCUT2D eigenvalue weighted by Crippen LogP contribution is -2.24. The van der Waals surface area contributed by atoms with Gasteiger partial charge in [0.25, 0.3) is 0 Å². The second kappa shape index (κ2) is 7.85. The van der Waals surface area contributed by atoms with Crippen LogP contribution in [0.2, 0.25) is 0 Å². The molecule has 2 N–H and O–H groups in total. The van der Waals surface area contributed by atoms with Gasteiger partial charge in [0.1, 0.15) is 13.2 Å². The molecule has 0 radical (unpaired) electrons. The Bertz CT molecular complexity index is 791. The van der Waals surface area contributed by atoms with Crippen molar-refractivity contribution >= 4 is 29.2 Å². The molecule has 3 rings (SSSR count). The summed E-state index contributed by atoms with van der Waals surface area (Å²) in [4.78, 5) is 0. The number of hydrazone groups is 1. The van der Waals surface area contributed by atoms with E-state index in [0.717, 1.165) is 16.8 Å². The van der Waals surface area contributed by atoms with Crippen LogP contribution in [0, 0.1) is 6.92 Å². The first-order chi connectivity index (χ1) is 12.2. The van der Waals surface area contributed by atoms with Gasteiger partial charge in [-0.05, 0) is 42.9 Å². The predicted octanol–water partition coefficient (Wildman–Crippen LogP) is 3.10. The third-order valence-corrected chi connectivity index (χ3v) is 3.82. The van der Waals surface area contributed by atoms with Crippen molar-refractivity contribution in [1.82, 2.24) is 5.43 Å². The summed E-state index contributed by atoms with van der Waals surface area (Å²) in [5.41, 5.74) is 5.66. The molecule has 1 aliphatic heterocycles. The van der Waals surface area contributed by atoms with E-state index in [9.17, 15) is 0 Å². The first-order valence-corrected chi connectivity index (χ1v) is 8.21. The molecule has 0 spiro atoms. The minimum absolute atomic E-state index is 0.412. The Morgan fingerprint density at radius 3 is 2.84 bits per heavy atom. The van der Waals surface area contributed by atoms with Gasteiger partial charge >= 0.3 is 0 Å². The fraction of sp³-hybridized carbons (Fsp3) is 0.222. The highest BCUT2D eigenvalue weighted by Gasteiger charge is 2.17. The number of benzene rings is 2. The molecule has 6 nitrogen and oxygen atoms in total. The lowest BCUT2D eigenvalue weighted by molar-refractivity contribution is 0.165. The number of rotatable bonds is 4. The van der Waals surface area contributed by atoms with Gasteiger partial charge in [-0.1, -0.05) is 18.2 Å². The number of nitrogens with zero attached hydrogens (tertiary/aromatic N) is 1. The summed E-state index contributed by atoms with van der Waals surface area (Å²) >= 11 is 5.25. The van der Waals surface area contributed by atoms with Crippen molar-refractivity contribution in [3.63, 3.8) is 0 Å². The number of para-hydroxylation sites is 1. The highest BCUT2D eigenvalue weighted by Crippen LogP contribution is 2.39. The molecular formula is C18H19N3O3S. The van der Waals surface area contributed by atoms with Crippen LogP contribution in [0.5, 0.6) is 17.2 Å². The standard InChI is InChI=1S/C18H19N3O3S/c1-12-5-3-4-6-14(12)20-18(25)21-19-11-13-9-15(22-2)17-16(10-13)23-7-8-24-17/h3-6,9-11H,7-8H2,1-2H3,(H2,20,21,25)/b19-11-. The topological polar surface area (TPSA) is 64.1 Å². The number of nitrogens with one attached hydrogen (secondary N) is 2. The molecular weight excluding hydrogens is 338 g/mol. The van der Waals surface area contributed by atoms with Crippen molar-refractivity contribution in [2.75, 3.05) is 25.6 Å². The van der Waals surface area contributed by atoms with E-state index in [1.807, 2.05) is 43.3 Å². The second-order valence-corrected chi connectivity index (χ2v) is 5.79. The monoisotopic (exact) mass is 357 g/mol. The third-order valence-electron chi connectivity index (χ3n) is 3.62. The molecule has 1 aliphatic rings. The van der Waals surface area contributed by atoms with Crippen molar-refractivity contribution in [3.8, 4) is 17.2 Å². The Morgan fingerprint density at radius 2 is 2.04 bits per heavy atom. The number of aryl methyl sites for hydroxylation is 1. The Balaban J connectivity index is 1.66. The van der Waals surface area contributed by atoms with Gasteiger partial charge in [-0.15, -0.1) is 0 Å². The number of hydrogen-bond donors (Lipinski definition) is 2. The van der Waals surface area contributed by atoms with Crippen LogP contribution in [0.25, 0.3) is 0 Å². The summed E-state index contributed by atoms with van der Waals surface area (Å²) in [5, 5.41) is 7.68. The van der Waals surface area contributed by atoms with Crippen molar-refractivity contribution in [2.24, 2.45) is 5.10 Å². The zero-order valence-electron chi connectivity index (χ0n) is 14.0. The molecule has 2 aromatic rings. The summed E-state index contributed by atoms with van der Waals surface area (Å²) in [6.07, 6.45) is 1.65. The SMILES string of the molecule is COc1cc(/C=N\NC(=S)Nc2ccccc2C)cc2c1OCCO2. The van der Waals surface area contributed by atoms with Gasteiger partial charge in [-0.2, -0.15) is 5.10 Å². The van der Waals surface area contributed by atoms with E-state index in [1.54, 1.807) is 13.3 Å². The first kappa shape index (κ1) is 17.0. The van der Waals surface area contributed by atoms with E-state index in [2.05, 4.69) is 15.8 Å². The van der Waals surface area contributed by atoms with Crippen LogP contribution in [-0.4, -0.2) is 31.7 Å².